The molecule has 0 atom stereocenters. The first-order valence-corrected chi connectivity index (χ1v) is 8.23. The Hall–Kier alpha value is -1.56. The molecular formula is C21H26. The topological polar surface area (TPSA) is 0 Å². The van der Waals surface area contributed by atoms with Crippen molar-refractivity contribution in [3.63, 3.8) is 0 Å². The highest BCUT2D eigenvalue weighted by Crippen LogP contribution is 2.60. The van der Waals surface area contributed by atoms with Crippen molar-refractivity contribution in [2.24, 2.45) is 5.41 Å². The van der Waals surface area contributed by atoms with Crippen LogP contribution >= 0.6 is 0 Å². The van der Waals surface area contributed by atoms with Crippen LogP contribution in [0.4, 0.5) is 0 Å². The maximum atomic E-state index is 3.74. The molecular weight excluding hydrogens is 252 g/mol. The first-order chi connectivity index (χ1) is 10.2. The average molecular weight is 278 g/mol. The molecule has 4 rings (SSSR count). The van der Waals surface area contributed by atoms with E-state index in [9.17, 15) is 0 Å². The molecule has 3 aliphatic carbocycles. The minimum Gasteiger partial charge on any atom is -0.0991 e. The summed E-state index contributed by atoms with van der Waals surface area (Å²) in [4.78, 5) is 0. The van der Waals surface area contributed by atoms with Crippen molar-refractivity contribution in [2.45, 2.75) is 50.9 Å². The minimum absolute atomic E-state index is 0.472. The molecule has 2 bridgehead atoms. The lowest BCUT2D eigenvalue weighted by molar-refractivity contribution is 0.0697. The molecule has 3 saturated carbocycles. The van der Waals surface area contributed by atoms with E-state index >= 15 is 0 Å². The first kappa shape index (κ1) is 14.4. The molecule has 0 aliphatic heterocycles. The van der Waals surface area contributed by atoms with E-state index < -0.39 is 0 Å². The number of benzene rings is 1. The summed E-state index contributed by atoms with van der Waals surface area (Å²) in [5.74, 6) is 0. The van der Waals surface area contributed by atoms with E-state index in [2.05, 4.69) is 56.0 Å². The Bertz CT molecular complexity index is 534. The van der Waals surface area contributed by atoms with Crippen LogP contribution in [0.2, 0.25) is 0 Å². The lowest BCUT2D eigenvalue weighted by atomic mass is 9.50. The zero-order valence-corrected chi connectivity index (χ0v) is 13.1. The van der Waals surface area contributed by atoms with E-state index in [0.717, 1.165) is 0 Å². The summed E-state index contributed by atoms with van der Waals surface area (Å²) in [6.45, 7) is 6.07. The molecule has 3 fully saturated rings. The van der Waals surface area contributed by atoms with E-state index in [0.29, 0.717) is 10.8 Å². The van der Waals surface area contributed by atoms with Gasteiger partial charge < -0.3 is 0 Å². The van der Waals surface area contributed by atoms with E-state index in [4.69, 9.17) is 0 Å². The van der Waals surface area contributed by atoms with Crippen molar-refractivity contribution in [2.75, 3.05) is 0 Å². The fraction of sp³-hybridized carbons (Fsp3) is 0.429. The molecule has 0 nitrogen and oxygen atoms in total. The maximum Gasteiger partial charge on any atom is -0.00460 e. The van der Waals surface area contributed by atoms with Gasteiger partial charge in [-0.2, -0.15) is 0 Å². The smallest absolute Gasteiger partial charge is 0.00460 e. The molecule has 0 heteroatoms. The third kappa shape index (κ3) is 2.52. The van der Waals surface area contributed by atoms with Gasteiger partial charge in [0, 0.05) is 0 Å². The lowest BCUT2D eigenvalue weighted by Crippen LogP contribution is -2.44. The normalized spacial score (nSPS) is 32.5. The lowest BCUT2D eigenvalue weighted by Gasteiger charge is -2.54. The van der Waals surface area contributed by atoms with Crippen molar-refractivity contribution < 1.29 is 0 Å². The highest BCUT2D eigenvalue weighted by molar-refractivity contribution is 5.31. The highest BCUT2D eigenvalue weighted by atomic mass is 14.5. The molecule has 0 radical (unpaired) electrons. The quantitative estimate of drug-likeness (QED) is 0.595. The van der Waals surface area contributed by atoms with Gasteiger partial charge in [0.25, 0.3) is 0 Å². The molecule has 0 saturated heterocycles. The van der Waals surface area contributed by atoms with Crippen LogP contribution in [0, 0.1) is 5.41 Å². The molecule has 0 aromatic heterocycles. The van der Waals surface area contributed by atoms with Gasteiger partial charge in [-0.3, -0.25) is 0 Å². The van der Waals surface area contributed by atoms with Gasteiger partial charge in [0.1, 0.15) is 0 Å². The summed E-state index contributed by atoms with van der Waals surface area (Å²) in [5, 5.41) is 0. The van der Waals surface area contributed by atoms with Crippen LogP contribution in [-0.4, -0.2) is 0 Å². The van der Waals surface area contributed by atoms with Crippen molar-refractivity contribution >= 4 is 0 Å². The predicted octanol–water partition coefficient (Wildman–Crippen LogP) is 5.97. The fourth-order valence-corrected chi connectivity index (χ4v) is 4.46. The Balaban J connectivity index is 1.79. The van der Waals surface area contributed by atoms with Crippen molar-refractivity contribution in [1.29, 1.82) is 0 Å². The van der Waals surface area contributed by atoms with Gasteiger partial charge in [-0.05, 0) is 61.8 Å². The molecule has 1 aromatic rings. The SMILES string of the molecule is C=C/C=C\C=C(/C)C12CCC(c3ccccc3)(CC1)CC2. The molecule has 110 valence electrons. The van der Waals surface area contributed by atoms with Crippen molar-refractivity contribution in [3.8, 4) is 0 Å². The molecule has 0 heterocycles. The molecule has 3 aliphatic rings. The second-order valence-electron chi connectivity index (χ2n) is 6.90. The van der Waals surface area contributed by atoms with E-state index in [1.54, 1.807) is 11.1 Å². The Morgan fingerprint density at radius 2 is 1.57 bits per heavy atom. The Morgan fingerprint density at radius 1 is 0.952 bits per heavy atom. The molecule has 21 heavy (non-hydrogen) atoms. The van der Waals surface area contributed by atoms with Crippen LogP contribution in [0.3, 0.4) is 0 Å². The van der Waals surface area contributed by atoms with E-state index in [-0.39, 0.29) is 0 Å². The fourth-order valence-electron chi connectivity index (χ4n) is 4.46. The second-order valence-corrected chi connectivity index (χ2v) is 6.90. The van der Waals surface area contributed by atoms with Gasteiger partial charge >= 0.3 is 0 Å². The van der Waals surface area contributed by atoms with Gasteiger partial charge in [-0.15, -0.1) is 0 Å². The minimum atomic E-state index is 0.472. The number of allylic oxidation sites excluding steroid dienone is 5. The summed E-state index contributed by atoms with van der Waals surface area (Å²) in [6, 6.07) is 11.2. The van der Waals surface area contributed by atoms with Crippen LogP contribution in [0.15, 0.2) is 66.8 Å². The van der Waals surface area contributed by atoms with Crippen LogP contribution in [0.1, 0.15) is 51.0 Å². The van der Waals surface area contributed by atoms with Crippen LogP contribution in [0.25, 0.3) is 0 Å². The summed E-state index contributed by atoms with van der Waals surface area (Å²) >= 11 is 0. The van der Waals surface area contributed by atoms with Crippen LogP contribution in [-0.2, 0) is 5.41 Å². The van der Waals surface area contributed by atoms with E-state index in [1.165, 1.54) is 38.5 Å². The van der Waals surface area contributed by atoms with Crippen LogP contribution in [0.5, 0.6) is 0 Å². The summed E-state index contributed by atoms with van der Waals surface area (Å²) in [5.41, 5.74) is 4.09. The predicted molar refractivity (Wildman–Crippen MR) is 91.3 cm³/mol. The largest absolute Gasteiger partial charge is 0.0991 e. The molecule has 0 unspecified atom stereocenters. The Morgan fingerprint density at radius 3 is 2.14 bits per heavy atom. The highest BCUT2D eigenvalue weighted by Gasteiger charge is 2.49. The maximum absolute atomic E-state index is 3.74. The van der Waals surface area contributed by atoms with Gasteiger partial charge in [0.2, 0.25) is 0 Å². The van der Waals surface area contributed by atoms with Crippen molar-refractivity contribution in [1.82, 2.24) is 0 Å². The van der Waals surface area contributed by atoms with E-state index in [1.807, 2.05) is 12.2 Å². The molecule has 0 N–H and O–H groups in total. The molecule has 1 aromatic carbocycles. The van der Waals surface area contributed by atoms with Gasteiger partial charge in [0.05, 0.1) is 0 Å². The third-order valence-electron chi connectivity index (χ3n) is 6.06. The molecule has 0 amide bonds. The first-order valence-electron chi connectivity index (χ1n) is 8.23. The zero-order chi connectivity index (χ0) is 14.8. The number of hydrogen-bond acceptors (Lipinski definition) is 0. The van der Waals surface area contributed by atoms with Gasteiger partial charge in [-0.1, -0.05) is 66.8 Å². The third-order valence-corrected chi connectivity index (χ3v) is 6.06. The van der Waals surface area contributed by atoms with Crippen molar-refractivity contribution in [3.05, 3.63) is 72.4 Å². The zero-order valence-electron chi connectivity index (χ0n) is 13.1. The average Bonchev–Trinajstić information content (AvgIpc) is 2.57. The Labute approximate surface area is 129 Å². The molecule has 0 spiro atoms. The number of hydrogen-bond donors (Lipinski definition) is 0. The van der Waals surface area contributed by atoms with Gasteiger partial charge in [0.15, 0.2) is 0 Å². The Kier molecular flexibility index (Phi) is 3.89. The number of fused-ring (bicyclic) bond motifs is 3. The second kappa shape index (κ2) is 5.67. The van der Waals surface area contributed by atoms with Gasteiger partial charge in [-0.25, -0.2) is 0 Å². The number of rotatable bonds is 4. The monoisotopic (exact) mass is 278 g/mol. The summed E-state index contributed by atoms with van der Waals surface area (Å²) in [6.07, 6.45) is 16.5. The van der Waals surface area contributed by atoms with Crippen LogP contribution < -0.4 is 0 Å². The standard InChI is InChI=1S/C21H26/c1-3-4-6-9-18(2)20-12-15-21(16-13-20,17-14-20)19-10-7-5-8-11-19/h3-11H,1,12-17H2,2H3/b6-4-,18-9+. The summed E-state index contributed by atoms with van der Waals surface area (Å²) in [7, 11) is 0. The summed E-state index contributed by atoms with van der Waals surface area (Å²) < 4.78 is 0.